The summed E-state index contributed by atoms with van der Waals surface area (Å²) >= 11 is 5.22. The highest BCUT2D eigenvalue weighted by Crippen LogP contribution is 2.43. The Morgan fingerprint density at radius 3 is 2.68 bits per heavy atom. The van der Waals surface area contributed by atoms with Gasteiger partial charge in [0, 0.05) is 37.5 Å². The SMILES string of the molecule is CCC(=O)O[C@H]1[C@@H](OC(C)=O)[C@H](n2cc3c(N)cc(=S)nc4c3c2N=CN4)O[C@@H]1COC(C)=O. The number of hydrogen-bond donors (Lipinski definition) is 2. The number of esters is 3. The lowest BCUT2D eigenvalue weighted by Crippen LogP contribution is -2.40. The summed E-state index contributed by atoms with van der Waals surface area (Å²) in [7, 11) is 0. The zero-order valence-electron chi connectivity index (χ0n) is 18.6. The molecule has 0 bridgehead atoms. The van der Waals surface area contributed by atoms with E-state index in [1.807, 2.05) is 0 Å². The molecule has 4 atom stereocenters. The number of anilines is 2. The van der Waals surface area contributed by atoms with Gasteiger partial charge in [0.05, 0.1) is 11.7 Å². The molecule has 1 saturated heterocycles. The maximum atomic E-state index is 12.2. The normalized spacial score (nSPS) is 22.8. The zero-order chi connectivity index (χ0) is 24.6. The van der Waals surface area contributed by atoms with Crippen LogP contribution in [0.15, 0.2) is 17.3 Å². The van der Waals surface area contributed by atoms with Gasteiger partial charge in [0.25, 0.3) is 0 Å². The number of carbonyl (C=O) groups is 3. The Morgan fingerprint density at radius 1 is 1.24 bits per heavy atom. The van der Waals surface area contributed by atoms with Crippen molar-refractivity contribution in [2.45, 2.75) is 51.7 Å². The fraction of sp³-hybridized carbons (Fsp3) is 0.429. The summed E-state index contributed by atoms with van der Waals surface area (Å²) in [6.07, 6.45) is -0.759. The van der Waals surface area contributed by atoms with Gasteiger partial charge in [-0.15, -0.1) is 0 Å². The van der Waals surface area contributed by atoms with E-state index in [9.17, 15) is 14.4 Å². The van der Waals surface area contributed by atoms with Crippen LogP contribution in [0.2, 0.25) is 0 Å². The van der Waals surface area contributed by atoms with Gasteiger partial charge in [-0.25, -0.2) is 9.98 Å². The van der Waals surface area contributed by atoms with E-state index in [1.165, 1.54) is 20.2 Å². The molecular formula is C21H23N5O7S. The third-order valence-corrected chi connectivity index (χ3v) is 5.52. The molecule has 2 aliphatic rings. The number of rotatable bonds is 6. The molecule has 0 unspecified atom stereocenters. The number of hydrogen-bond acceptors (Lipinski definition) is 12. The quantitative estimate of drug-likeness (QED) is 0.348. The summed E-state index contributed by atoms with van der Waals surface area (Å²) in [6.45, 7) is 3.90. The number of aliphatic imine (C=N–C) groups is 1. The summed E-state index contributed by atoms with van der Waals surface area (Å²) in [6, 6.07) is 1.55. The molecule has 12 nitrogen and oxygen atoms in total. The molecule has 13 heteroatoms. The summed E-state index contributed by atoms with van der Waals surface area (Å²) in [5, 5.41) is 4.14. The van der Waals surface area contributed by atoms with Gasteiger partial charge in [-0.2, -0.15) is 0 Å². The molecule has 180 valence electrons. The third-order valence-electron chi connectivity index (χ3n) is 5.31. The molecule has 4 rings (SSSR count). The van der Waals surface area contributed by atoms with Crippen molar-refractivity contribution in [2.24, 2.45) is 4.99 Å². The van der Waals surface area contributed by atoms with Crippen molar-refractivity contribution in [3.63, 3.8) is 0 Å². The molecule has 1 fully saturated rings. The third kappa shape index (κ3) is 4.43. The second-order valence-corrected chi connectivity index (χ2v) is 8.12. The lowest BCUT2D eigenvalue weighted by molar-refractivity contribution is -0.167. The second-order valence-electron chi connectivity index (χ2n) is 7.70. The van der Waals surface area contributed by atoms with Gasteiger partial charge in [-0.1, -0.05) is 19.1 Å². The highest BCUT2D eigenvalue weighted by molar-refractivity contribution is 7.71. The first kappa shape index (κ1) is 23.6. The first-order valence-corrected chi connectivity index (χ1v) is 10.9. The zero-order valence-corrected chi connectivity index (χ0v) is 19.5. The van der Waals surface area contributed by atoms with Crippen LogP contribution < -0.4 is 11.1 Å². The van der Waals surface area contributed by atoms with Gasteiger partial charge in [0.2, 0.25) is 0 Å². The molecule has 0 amide bonds. The summed E-state index contributed by atoms with van der Waals surface area (Å²) in [5.74, 6) is -0.799. The van der Waals surface area contributed by atoms with Crippen LogP contribution >= 0.6 is 12.2 Å². The number of nitrogens with zero attached hydrogens (tertiary/aromatic N) is 3. The first-order chi connectivity index (χ1) is 16.2. The fourth-order valence-electron chi connectivity index (χ4n) is 3.92. The highest BCUT2D eigenvalue weighted by atomic mass is 32.1. The fourth-order valence-corrected chi connectivity index (χ4v) is 4.14. The average molecular weight is 490 g/mol. The predicted octanol–water partition coefficient (Wildman–Crippen LogP) is 2.15. The van der Waals surface area contributed by atoms with E-state index < -0.39 is 42.4 Å². The van der Waals surface area contributed by atoms with Crippen LogP contribution in [0.5, 0.6) is 0 Å². The van der Waals surface area contributed by atoms with Gasteiger partial charge >= 0.3 is 17.9 Å². The van der Waals surface area contributed by atoms with E-state index in [0.717, 1.165) is 0 Å². The van der Waals surface area contributed by atoms with Gasteiger partial charge in [-0.05, 0) is 6.07 Å². The maximum Gasteiger partial charge on any atom is 0.306 e. The number of nitrogen functional groups attached to an aromatic ring is 1. The molecule has 4 heterocycles. The standard InChI is InChI=1S/C21H23N5O7S/c1-4-15(29)33-17-13(7-30-9(2)27)32-21(18(17)31-10(3)28)26-6-11-12(22)5-14(34)25-19-16(11)20(26)24-8-23-19/h5-6,8,13,17-18,21H,4,7,22H2,1-3H3,(H,23,24,25,34)/t13-,17-,18-,21-/m1/s1. The van der Waals surface area contributed by atoms with E-state index in [4.69, 9.17) is 36.9 Å². The van der Waals surface area contributed by atoms with Gasteiger partial charge in [0.1, 0.15) is 29.0 Å². The van der Waals surface area contributed by atoms with Crippen LogP contribution in [0, 0.1) is 4.64 Å². The number of nitrogens with one attached hydrogen (secondary N) is 1. The van der Waals surface area contributed by atoms with Crippen LogP contribution in [0.3, 0.4) is 0 Å². The molecule has 2 aliphatic heterocycles. The Hall–Kier alpha value is -3.58. The molecule has 2 aromatic heterocycles. The Morgan fingerprint density at radius 2 is 2.00 bits per heavy atom. The number of aromatic nitrogens is 2. The molecule has 0 aromatic carbocycles. The molecule has 0 radical (unpaired) electrons. The summed E-state index contributed by atoms with van der Waals surface area (Å²) in [4.78, 5) is 44.3. The average Bonchev–Trinajstić information content (AvgIpc) is 3.27. The molecule has 3 N–H and O–H groups in total. The van der Waals surface area contributed by atoms with Crippen molar-refractivity contribution < 1.29 is 33.3 Å². The topological polar surface area (TPSA) is 156 Å². The van der Waals surface area contributed by atoms with E-state index in [1.54, 1.807) is 23.8 Å². The van der Waals surface area contributed by atoms with Gasteiger partial charge in [-0.3, -0.25) is 14.4 Å². The Kier molecular flexibility index (Phi) is 6.48. The second kappa shape index (κ2) is 9.35. The Bertz CT molecular complexity index is 1260. The van der Waals surface area contributed by atoms with Crippen molar-refractivity contribution in [2.75, 3.05) is 17.7 Å². The predicted molar refractivity (Wildman–Crippen MR) is 123 cm³/mol. The molecule has 2 aromatic rings. The van der Waals surface area contributed by atoms with Crippen molar-refractivity contribution >= 4 is 64.6 Å². The van der Waals surface area contributed by atoms with Crippen molar-refractivity contribution in [3.05, 3.63) is 16.9 Å². The van der Waals surface area contributed by atoms with E-state index in [-0.39, 0.29) is 13.0 Å². The number of carbonyl (C=O) groups excluding carboxylic acids is 3. The molecule has 0 saturated carbocycles. The highest BCUT2D eigenvalue weighted by Gasteiger charge is 2.51. The first-order valence-electron chi connectivity index (χ1n) is 10.5. The molecule has 0 aliphatic carbocycles. The molecule has 0 spiro atoms. The van der Waals surface area contributed by atoms with Crippen molar-refractivity contribution in [1.29, 1.82) is 0 Å². The largest absolute Gasteiger partial charge is 0.463 e. The van der Waals surface area contributed by atoms with Crippen LogP contribution in [-0.2, 0) is 33.3 Å². The van der Waals surface area contributed by atoms with E-state index >= 15 is 0 Å². The number of ether oxygens (including phenoxy) is 4. The minimum absolute atomic E-state index is 0.0916. The van der Waals surface area contributed by atoms with E-state index in [0.29, 0.717) is 32.7 Å². The van der Waals surface area contributed by atoms with E-state index in [2.05, 4.69) is 15.3 Å². The van der Waals surface area contributed by atoms with Crippen LogP contribution in [-0.4, -0.2) is 58.7 Å². The van der Waals surface area contributed by atoms with Crippen molar-refractivity contribution in [1.82, 2.24) is 9.55 Å². The number of nitrogens with two attached hydrogens (primary N) is 1. The van der Waals surface area contributed by atoms with Crippen LogP contribution in [0.25, 0.3) is 10.8 Å². The monoisotopic (exact) mass is 489 g/mol. The lowest BCUT2D eigenvalue weighted by atomic mass is 10.1. The Balaban J connectivity index is 1.85. The maximum absolute atomic E-state index is 12.2. The van der Waals surface area contributed by atoms with Gasteiger partial charge < -0.3 is 34.6 Å². The van der Waals surface area contributed by atoms with Crippen molar-refractivity contribution in [3.8, 4) is 0 Å². The molecular weight excluding hydrogens is 466 g/mol. The summed E-state index contributed by atoms with van der Waals surface area (Å²) in [5.41, 5.74) is 6.61. The lowest BCUT2D eigenvalue weighted by Gasteiger charge is -2.24. The van der Waals surface area contributed by atoms with Crippen LogP contribution in [0.4, 0.5) is 17.3 Å². The minimum atomic E-state index is -1.06. The van der Waals surface area contributed by atoms with Gasteiger partial charge in [0.15, 0.2) is 18.4 Å². The van der Waals surface area contributed by atoms with Crippen LogP contribution in [0.1, 0.15) is 33.4 Å². The smallest absolute Gasteiger partial charge is 0.306 e. The Labute approximate surface area is 199 Å². The minimum Gasteiger partial charge on any atom is -0.463 e. The summed E-state index contributed by atoms with van der Waals surface area (Å²) < 4.78 is 24.3. The molecule has 34 heavy (non-hydrogen) atoms.